The summed E-state index contributed by atoms with van der Waals surface area (Å²) in [4.78, 5) is 4.42. The van der Waals surface area contributed by atoms with Crippen molar-refractivity contribution in [1.82, 2.24) is 10.3 Å². The van der Waals surface area contributed by atoms with Crippen molar-refractivity contribution in [2.75, 3.05) is 0 Å². The van der Waals surface area contributed by atoms with E-state index in [0.29, 0.717) is 6.04 Å². The maximum absolute atomic E-state index is 4.42. The Kier molecular flexibility index (Phi) is 5.13. The van der Waals surface area contributed by atoms with Gasteiger partial charge in [0.15, 0.2) is 0 Å². The van der Waals surface area contributed by atoms with Gasteiger partial charge in [0.2, 0.25) is 0 Å². The molecule has 2 atom stereocenters. The first kappa shape index (κ1) is 15.7. The molecule has 0 aliphatic carbocycles. The van der Waals surface area contributed by atoms with E-state index in [-0.39, 0.29) is 11.5 Å². The molecule has 2 aromatic rings. The molecule has 0 radical (unpaired) electrons. The van der Waals surface area contributed by atoms with Crippen molar-refractivity contribution < 1.29 is 0 Å². The van der Waals surface area contributed by atoms with Crippen molar-refractivity contribution in [3.8, 4) is 0 Å². The molecule has 1 aromatic carbocycles. The Morgan fingerprint density at radius 1 is 1.00 bits per heavy atom. The number of hydrogen-bond acceptors (Lipinski definition) is 2. The molecule has 0 aliphatic rings. The number of hydrogen-bond donors (Lipinski definition) is 1. The fourth-order valence-corrected chi connectivity index (χ4v) is 2.98. The molecule has 2 nitrogen and oxygen atoms in total. The summed E-state index contributed by atoms with van der Waals surface area (Å²) < 4.78 is 0. The minimum absolute atomic E-state index is 0.164. The van der Waals surface area contributed by atoms with Gasteiger partial charge in [-0.2, -0.15) is 0 Å². The Morgan fingerprint density at radius 3 is 2.29 bits per heavy atom. The van der Waals surface area contributed by atoms with E-state index < -0.39 is 0 Å². The monoisotopic (exact) mass is 282 g/mol. The van der Waals surface area contributed by atoms with Gasteiger partial charge in [0, 0.05) is 18.3 Å². The van der Waals surface area contributed by atoms with Crippen LogP contribution in [0.1, 0.15) is 51.4 Å². The van der Waals surface area contributed by atoms with Crippen molar-refractivity contribution in [2.24, 2.45) is 0 Å². The lowest BCUT2D eigenvalue weighted by Gasteiger charge is -2.30. The lowest BCUT2D eigenvalue weighted by Crippen LogP contribution is -2.35. The SMILES string of the molecule is CC(CC(C)(C)c1ccccc1)NC(C)c1ccccn1. The Labute approximate surface area is 128 Å². The van der Waals surface area contributed by atoms with Crippen LogP contribution in [-0.4, -0.2) is 11.0 Å². The van der Waals surface area contributed by atoms with Crippen LogP contribution in [0.25, 0.3) is 0 Å². The van der Waals surface area contributed by atoms with Gasteiger partial charge in [-0.15, -0.1) is 0 Å². The summed E-state index contributed by atoms with van der Waals surface area (Å²) >= 11 is 0. The molecule has 0 saturated heterocycles. The number of pyridine rings is 1. The Morgan fingerprint density at radius 2 is 1.67 bits per heavy atom. The van der Waals surface area contributed by atoms with E-state index in [9.17, 15) is 0 Å². The van der Waals surface area contributed by atoms with E-state index in [2.05, 4.69) is 74.4 Å². The molecule has 0 amide bonds. The molecule has 21 heavy (non-hydrogen) atoms. The van der Waals surface area contributed by atoms with Crippen LogP contribution < -0.4 is 5.32 Å². The molecule has 0 aliphatic heterocycles. The van der Waals surface area contributed by atoms with E-state index in [4.69, 9.17) is 0 Å². The number of rotatable bonds is 6. The summed E-state index contributed by atoms with van der Waals surface area (Å²) in [5, 5.41) is 3.66. The molecular formula is C19H26N2. The standard InChI is InChI=1S/C19H26N2/c1-15(21-16(2)18-12-8-9-13-20-18)14-19(3,4)17-10-6-5-7-11-17/h5-13,15-16,21H,14H2,1-4H3. The molecule has 2 rings (SSSR count). The van der Waals surface area contributed by atoms with Crippen LogP contribution in [0.15, 0.2) is 54.7 Å². The molecule has 112 valence electrons. The molecule has 0 spiro atoms. The first-order chi connectivity index (χ1) is 9.99. The normalized spacial score (nSPS) is 14.7. The second kappa shape index (κ2) is 6.86. The summed E-state index contributed by atoms with van der Waals surface area (Å²) in [7, 11) is 0. The van der Waals surface area contributed by atoms with Crippen LogP contribution in [0.4, 0.5) is 0 Å². The second-order valence-electron chi connectivity index (χ2n) is 6.50. The summed E-state index contributed by atoms with van der Waals surface area (Å²) in [6.45, 7) is 9.05. The Balaban J connectivity index is 1.97. The van der Waals surface area contributed by atoms with Crippen LogP contribution in [0, 0.1) is 0 Å². The average molecular weight is 282 g/mol. The topological polar surface area (TPSA) is 24.9 Å². The van der Waals surface area contributed by atoms with Crippen molar-refractivity contribution in [3.63, 3.8) is 0 Å². The summed E-state index contributed by atoms with van der Waals surface area (Å²) in [5.41, 5.74) is 2.66. The quantitative estimate of drug-likeness (QED) is 0.844. The van der Waals surface area contributed by atoms with Crippen molar-refractivity contribution in [3.05, 3.63) is 66.0 Å². The van der Waals surface area contributed by atoms with Crippen LogP contribution in [0.5, 0.6) is 0 Å². The van der Waals surface area contributed by atoms with E-state index in [1.165, 1.54) is 5.56 Å². The highest BCUT2D eigenvalue weighted by Gasteiger charge is 2.24. The Bertz CT molecular complexity index is 534. The molecule has 0 bridgehead atoms. The molecular weight excluding hydrogens is 256 g/mol. The predicted octanol–water partition coefficient (Wildman–Crippen LogP) is 4.49. The smallest absolute Gasteiger partial charge is 0.0570 e. The van der Waals surface area contributed by atoms with Crippen LogP contribution in [0.3, 0.4) is 0 Å². The molecule has 0 saturated carbocycles. The maximum Gasteiger partial charge on any atom is 0.0570 e. The molecule has 2 heteroatoms. The van der Waals surface area contributed by atoms with Gasteiger partial charge in [-0.3, -0.25) is 4.98 Å². The maximum atomic E-state index is 4.42. The Hall–Kier alpha value is -1.67. The van der Waals surface area contributed by atoms with Gasteiger partial charge < -0.3 is 5.32 Å². The summed E-state index contributed by atoms with van der Waals surface area (Å²) in [5.74, 6) is 0. The minimum atomic E-state index is 0.164. The van der Waals surface area contributed by atoms with Crippen LogP contribution >= 0.6 is 0 Å². The van der Waals surface area contributed by atoms with Crippen LogP contribution in [0.2, 0.25) is 0 Å². The lowest BCUT2D eigenvalue weighted by molar-refractivity contribution is 0.364. The van der Waals surface area contributed by atoms with Gasteiger partial charge >= 0.3 is 0 Å². The van der Waals surface area contributed by atoms with E-state index in [0.717, 1.165) is 12.1 Å². The molecule has 2 unspecified atom stereocenters. The fourth-order valence-electron chi connectivity index (χ4n) is 2.98. The number of aromatic nitrogens is 1. The van der Waals surface area contributed by atoms with Gasteiger partial charge in [-0.25, -0.2) is 0 Å². The largest absolute Gasteiger partial charge is 0.306 e. The van der Waals surface area contributed by atoms with Gasteiger partial charge in [-0.1, -0.05) is 50.2 Å². The molecule has 1 N–H and O–H groups in total. The predicted molar refractivity (Wildman–Crippen MR) is 89.3 cm³/mol. The molecule has 1 aromatic heterocycles. The van der Waals surface area contributed by atoms with Crippen molar-refractivity contribution >= 4 is 0 Å². The van der Waals surface area contributed by atoms with E-state index in [1.54, 1.807) is 0 Å². The zero-order chi connectivity index (χ0) is 15.3. The van der Waals surface area contributed by atoms with Gasteiger partial charge in [0.25, 0.3) is 0 Å². The highest BCUT2D eigenvalue weighted by atomic mass is 15.0. The second-order valence-corrected chi connectivity index (χ2v) is 6.50. The highest BCUT2D eigenvalue weighted by Crippen LogP contribution is 2.28. The number of nitrogens with one attached hydrogen (secondary N) is 1. The van der Waals surface area contributed by atoms with Gasteiger partial charge in [-0.05, 0) is 43.4 Å². The zero-order valence-corrected chi connectivity index (χ0v) is 13.5. The van der Waals surface area contributed by atoms with Crippen molar-refractivity contribution in [2.45, 2.75) is 51.6 Å². The summed E-state index contributed by atoms with van der Waals surface area (Å²) in [6.07, 6.45) is 2.94. The third-order valence-electron chi connectivity index (χ3n) is 4.04. The number of nitrogens with zero attached hydrogens (tertiary/aromatic N) is 1. The van der Waals surface area contributed by atoms with Crippen molar-refractivity contribution in [1.29, 1.82) is 0 Å². The van der Waals surface area contributed by atoms with Gasteiger partial charge in [0.1, 0.15) is 0 Å². The van der Waals surface area contributed by atoms with Crippen LogP contribution in [-0.2, 0) is 5.41 Å². The highest BCUT2D eigenvalue weighted by molar-refractivity contribution is 5.23. The first-order valence-corrected chi connectivity index (χ1v) is 7.71. The third kappa shape index (κ3) is 4.40. The van der Waals surface area contributed by atoms with E-state index in [1.807, 2.05) is 18.3 Å². The average Bonchev–Trinajstić information content (AvgIpc) is 2.48. The lowest BCUT2D eigenvalue weighted by atomic mass is 9.79. The van der Waals surface area contributed by atoms with Gasteiger partial charge in [0.05, 0.1) is 5.69 Å². The number of benzene rings is 1. The fraction of sp³-hybridized carbons (Fsp3) is 0.421. The molecule has 1 heterocycles. The van der Waals surface area contributed by atoms with E-state index >= 15 is 0 Å². The minimum Gasteiger partial charge on any atom is -0.306 e. The third-order valence-corrected chi connectivity index (χ3v) is 4.04. The molecule has 0 fully saturated rings. The zero-order valence-electron chi connectivity index (χ0n) is 13.5. The first-order valence-electron chi connectivity index (χ1n) is 7.71. The summed E-state index contributed by atoms with van der Waals surface area (Å²) in [6, 6.07) is 17.5.